The van der Waals surface area contributed by atoms with Crippen LogP contribution in [0.5, 0.6) is 5.75 Å². The Morgan fingerprint density at radius 2 is 1.67 bits per heavy atom. The maximum Gasteiger partial charge on any atom is 0.329 e. The molecule has 240 valence electrons. The van der Waals surface area contributed by atoms with E-state index < -0.39 is 6.04 Å². The smallest absolute Gasteiger partial charge is 0.329 e. The number of ether oxygens (including phenoxy) is 1. The molecule has 2 N–H and O–H groups in total. The molecule has 46 heavy (non-hydrogen) atoms. The van der Waals surface area contributed by atoms with Gasteiger partial charge in [0.25, 0.3) is 5.91 Å². The third kappa shape index (κ3) is 5.33. The lowest BCUT2D eigenvalue weighted by Gasteiger charge is -2.46. The van der Waals surface area contributed by atoms with E-state index in [9.17, 15) is 14.4 Å². The van der Waals surface area contributed by atoms with E-state index in [0.29, 0.717) is 29.3 Å². The molecule has 4 heterocycles. The average Bonchev–Trinajstić information content (AvgIpc) is 3.34. The van der Waals surface area contributed by atoms with Crippen molar-refractivity contribution in [3.63, 3.8) is 0 Å². The van der Waals surface area contributed by atoms with Gasteiger partial charge >= 0.3 is 5.69 Å². The SMILES string of the molecule is COc1ccc(CN2C(=O)CC[C@@H](n3c(=O)n(C)c4c(N5CCC6(CCC(c7ccc(N)nc7)CC6)CC5)cccc43)C2=O)cc1. The molecule has 1 atom stereocenters. The first-order valence-electron chi connectivity index (χ1n) is 16.4. The number of imidazole rings is 1. The minimum Gasteiger partial charge on any atom is -0.497 e. The molecule has 4 aromatic rings. The number of fused-ring (bicyclic) bond motifs is 1. The van der Waals surface area contributed by atoms with Gasteiger partial charge in [-0.25, -0.2) is 9.78 Å². The Kier molecular flexibility index (Phi) is 7.82. The number of nitrogens with zero attached hydrogens (tertiary/aromatic N) is 5. The van der Waals surface area contributed by atoms with Gasteiger partial charge in [-0.05, 0) is 97.7 Å². The zero-order chi connectivity index (χ0) is 32.0. The van der Waals surface area contributed by atoms with Crippen LogP contribution < -0.4 is 21.1 Å². The van der Waals surface area contributed by atoms with Gasteiger partial charge < -0.3 is 15.4 Å². The predicted molar refractivity (Wildman–Crippen MR) is 178 cm³/mol. The Bertz CT molecular complexity index is 1810. The van der Waals surface area contributed by atoms with Gasteiger partial charge in [-0.3, -0.25) is 23.6 Å². The molecular formula is C36H42N6O4. The number of carbonyl (C=O) groups is 2. The number of amides is 2. The fraction of sp³-hybridized carbons (Fsp3) is 0.444. The van der Waals surface area contributed by atoms with Crippen molar-refractivity contribution in [3.8, 4) is 5.75 Å². The number of aromatic nitrogens is 3. The summed E-state index contributed by atoms with van der Waals surface area (Å²) in [5.41, 5.74) is 10.7. The molecule has 10 nitrogen and oxygen atoms in total. The second kappa shape index (κ2) is 12.0. The lowest BCUT2D eigenvalue weighted by Crippen LogP contribution is -2.47. The number of nitrogen functional groups attached to an aromatic ring is 1. The third-order valence-electron chi connectivity index (χ3n) is 10.9. The number of methoxy groups -OCH3 is 1. The van der Waals surface area contributed by atoms with Crippen LogP contribution in [-0.2, 0) is 23.2 Å². The molecule has 0 radical (unpaired) electrons. The molecule has 3 fully saturated rings. The number of imide groups is 1. The number of para-hydroxylation sites is 1. The Morgan fingerprint density at radius 3 is 2.35 bits per heavy atom. The van der Waals surface area contributed by atoms with E-state index in [2.05, 4.69) is 22.0 Å². The van der Waals surface area contributed by atoms with Gasteiger partial charge in [0.1, 0.15) is 17.6 Å². The molecule has 1 aliphatic carbocycles. The summed E-state index contributed by atoms with van der Waals surface area (Å²) in [6.45, 7) is 2.02. The number of carbonyl (C=O) groups excluding carboxylic acids is 2. The zero-order valence-electron chi connectivity index (χ0n) is 26.7. The highest BCUT2D eigenvalue weighted by atomic mass is 16.5. The standard InChI is InChI=1S/C36H42N6O4/c1-39-33-28(40-20-18-36(19-21-40)16-14-25(15-17-36)26-8-12-31(37)38-22-26)4-3-5-29(33)42(35(39)45)30-11-13-32(43)41(34(30)44)23-24-6-9-27(46-2)10-7-24/h3-10,12,22,25,30H,11,13-21,23H2,1-2H3,(H2,37,38)/t30-/m1/s1. The monoisotopic (exact) mass is 622 g/mol. The zero-order valence-corrected chi connectivity index (χ0v) is 26.7. The van der Waals surface area contributed by atoms with E-state index >= 15 is 0 Å². The Morgan fingerprint density at radius 1 is 0.935 bits per heavy atom. The van der Waals surface area contributed by atoms with Crippen molar-refractivity contribution in [3.05, 3.63) is 82.4 Å². The molecule has 2 amide bonds. The van der Waals surface area contributed by atoms with Crippen LogP contribution >= 0.6 is 0 Å². The topological polar surface area (TPSA) is 116 Å². The summed E-state index contributed by atoms with van der Waals surface area (Å²) in [6.07, 6.45) is 9.46. The Balaban J connectivity index is 1.09. The molecule has 3 aliphatic rings. The maximum absolute atomic E-state index is 13.8. The van der Waals surface area contributed by atoms with Crippen LogP contribution in [0.4, 0.5) is 11.5 Å². The summed E-state index contributed by atoms with van der Waals surface area (Å²) in [5, 5.41) is 0. The van der Waals surface area contributed by atoms with Crippen molar-refractivity contribution in [1.29, 1.82) is 0 Å². The second-order valence-electron chi connectivity index (χ2n) is 13.4. The average molecular weight is 623 g/mol. The maximum atomic E-state index is 13.8. The van der Waals surface area contributed by atoms with Crippen LogP contribution in [0.2, 0.25) is 0 Å². The summed E-state index contributed by atoms with van der Waals surface area (Å²) < 4.78 is 8.54. The number of hydrogen-bond donors (Lipinski definition) is 1. The van der Waals surface area contributed by atoms with E-state index in [4.69, 9.17) is 10.5 Å². The van der Waals surface area contributed by atoms with Crippen LogP contribution in [0.3, 0.4) is 0 Å². The largest absolute Gasteiger partial charge is 0.497 e. The molecule has 2 aromatic heterocycles. The quantitative estimate of drug-likeness (QED) is 0.296. The van der Waals surface area contributed by atoms with Crippen LogP contribution in [0, 0.1) is 5.41 Å². The molecule has 7 rings (SSSR count). The fourth-order valence-electron chi connectivity index (χ4n) is 8.06. The number of aryl methyl sites for hydroxylation is 1. The molecule has 0 bridgehead atoms. The molecule has 10 heteroatoms. The van der Waals surface area contributed by atoms with E-state index in [0.717, 1.165) is 48.2 Å². The predicted octanol–water partition coefficient (Wildman–Crippen LogP) is 5.16. The summed E-state index contributed by atoms with van der Waals surface area (Å²) >= 11 is 0. The van der Waals surface area contributed by atoms with Gasteiger partial charge in [-0.15, -0.1) is 0 Å². The first kappa shape index (κ1) is 30.1. The Hall–Kier alpha value is -4.60. The van der Waals surface area contributed by atoms with E-state index in [1.54, 1.807) is 23.3 Å². The highest BCUT2D eigenvalue weighted by Gasteiger charge is 2.40. The first-order chi connectivity index (χ1) is 22.3. The molecule has 1 saturated carbocycles. The normalized spacial score (nSPS) is 20.5. The molecule has 2 saturated heterocycles. The molecule has 2 aromatic carbocycles. The first-order valence-corrected chi connectivity index (χ1v) is 16.4. The van der Waals surface area contributed by atoms with Gasteiger partial charge in [-0.1, -0.05) is 24.3 Å². The summed E-state index contributed by atoms with van der Waals surface area (Å²) in [5.74, 6) is 1.27. The number of rotatable bonds is 6. The number of benzene rings is 2. The summed E-state index contributed by atoms with van der Waals surface area (Å²) in [7, 11) is 3.39. The highest BCUT2D eigenvalue weighted by molar-refractivity contribution is 6.00. The van der Waals surface area contributed by atoms with Crippen molar-refractivity contribution in [2.75, 3.05) is 30.8 Å². The molecule has 0 unspecified atom stereocenters. The minimum atomic E-state index is -0.738. The van der Waals surface area contributed by atoms with Crippen LogP contribution in [-0.4, -0.2) is 51.0 Å². The fourth-order valence-corrected chi connectivity index (χ4v) is 8.06. The Labute approximate surface area is 268 Å². The van der Waals surface area contributed by atoms with E-state index in [-0.39, 0.29) is 30.5 Å². The van der Waals surface area contributed by atoms with Gasteiger partial charge in [0, 0.05) is 32.8 Å². The van der Waals surface area contributed by atoms with Crippen molar-refractivity contribution >= 4 is 34.4 Å². The summed E-state index contributed by atoms with van der Waals surface area (Å²) in [6, 6.07) is 16.6. The number of nitrogens with two attached hydrogens (primary N) is 1. The van der Waals surface area contributed by atoms with Crippen molar-refractivity contribution in [2.45, 2.75) is 69.9 Å². The van der Waals surface area contributed by atoms with Crippen LogP contribution in [0.1, 0.15) is 74.5 Å². The van der Waals surface area contributed by atoms with E-state index in [1.165, 1.54) is 36.1 Å². The lowest BCUT2D eigenvalue weighted by atomic mass is 9.64. The van der Waals surface area contributed by atoms with Gasteiger partial charge in [0.05, 0.1) is 30.4 Å². The summed E-state index contributed by atoms with van der Waals surface area (Å²) in [4.78, 5) is 48.6. The number of anilines is 2. The van der Waals surface area contributed by atoms with Crippen LogP contribution in [0.25, 0.3) is 11.0 Å². The lowest BCUT2D eigenvalue weighted by molar-refractivity contribution is -0.151. The molecule has 1 spiro atoms. The van der Waals surface area contributed by atoms with Crippen molar-refractivity contribution in [1.82, 2.24) is 19.0 Å². The van der Waals surface area contributed by atoms with Gasteiger partial charge in [-0.2, -0.15) is 0 Å². The third-order valence-corrected chi connectivity index (χ3v) is 10.9. The molecule has 2 aliphatic heterocycles. The van der Waals surface area contributed by atoms with Crippen LogP contribution in [0.15, 0.2) is 65.6 Å². The number of piperidine rings is 2. The minimum absolute atomic E-state index is 0.163. The van der Waals surface area contributed by atoms with Crippen molar-refractivity contribution in [2.24, 2.45) is 12.5 Å². The molecular weight excluding hydrogens is 580 g/mol. The second-order valence-corrected chi connectivity index (χ2v) is 13.4. The van der Waals surface area contributed by atoms with Gasteiger partial charge in [0.2, 0.25) is 5.91 Å². The number of hydrogen-bond acceptors (Lipinski definition) is 7. The van der Waals surface area contributed by atoms with Gasteiger partial charge in [0.15, 0.2) is 0 Å². The van der Waals surface area contributed by atoms with E-state index in [1.807, 2.05) is 48.7 Å². The van der Waals surface area contributed by atoms with Crippen molar-refractivity contribution < 1.29 is 14.3 Å². The number of likely N-dealkylation sites (tertiary alicyclic amines) is 1. The highest BCUT2D eigenvalue weighted by Crippen LogP contribution is 2.49. The number of pyridine rings is 1.